The number of benzene rings is 2. The van der Waals surface area contributed by atoms with E-state index in [2.05, 4.69) is 53.1 Å². The van der Waals surface area contributed by atoms with Crippen molar-refractivity contribution in [3.05, 3.63) is 65.7 Å². The maximum atomic E-state index is 5.48. The Morgan fingerprint density at radius 2 is 1.56 bits per heavy atom. The monoisotopic (exact) mass is 366 g/mol. The first kappa shape index (κ1) is 19.9. The minimum Gasteiger partial charge on any atom is -0.496 e. The lowest BCUT2D eigenvalue weighted by atomic mass is 9.95. The first-order valence-electron chi connectivity index (χ1n) is 10.5. The molecule has 0 aliphatic heterocycles. The zero-order valence-corrected chi connectivity index (χ0v) is 16.6. The average molecular weight is 367 g/mol. The second kappa shape index (κ2) is 11.1. The summed E-state index contributed by atoms with van der Waals surface area (Å²) in [6, 6.07) is 20.1. The fraction of sp³-hybridized carbons (Fsp3) is 0.500. The number of nitrogens with one attached hydrogen (secondary N) is 2. The van der Waals surface area contributed by atoms with Gasteiger partial charge in [-0.3, -0.25) is 0 Å². The van der Waals surface area contributed by atoms with E-state index >= 15 is 0 Å². The van der Waals surface area contributed by atoms with Gasteiger partial charge in [-0.2, -0.15) is 0 Å². The highest BCUT2D eigenvalue weighted by Gasteiger charge is 2.18. The van der Waals surface area contributed by atoms with E-state index in [0.29, 0.717) is 12.1 Å². The Kier molecular flexibility index (Phi) is 8.19. The Labute approximate surface area is 164 Å². The molecule has 1 saturated carbocycles. The van der Waals surface area contributed by atoms with Gasteiger partial charge in [-0.15, -0.1) is 0 Å². The zero-order valence-electron chi connectivity index (χ0n) is 16.6. The van der Waals surface area contributed by atoms with E-state index < -0.39 is 0 Å². The van der Waals surface area contributed by atoms with Crippen LogP contribution in [0.3, 0.4) is 0 Å². The molecule has 1 fully saturated rings. The minimum atomic E-state index is 0.338. The van der Waals surface area contributed by atoms with E-state index in [-0.39, 0.29) is 0 Å². The van der Waals surface area contributed by atoms with Gasteiger partial charge in [-0.1, -0.05) is 80.6 Å². The summed E-state index contributed by atoms with van der Waals surface area (Å²) >= 11 is 0. The lowest BCUT2D eigenvalue weighted by Crippen LogP contribution is -2.38. The highest BCUT2D eigenvalue weighted by molar-refractivity contribution is 5.33. The SMILES string of the molecule is COc1ccccc1CNCC(NC1CCCCCCC1)c1ccccc1. The number of para-hydroxylation sites is 1. The summed E-state index contributed by atoms with van der Waals surface area (Å²) in [6.07, 6.45) is 9.50. The third-order valence-corrected chi connectivity index (χ3v) is 5.60. The quantitative estimate of drug-likeness (QED) is 0.671. The smallest absolute Gasteiger partial charge is 0.123 e. The molecule has 0 saturated heterocycles. The Balaban J connectivity index is 1.61. The maximum Gasteiger partial charge on any atom is 0.123 e. The molecule has 3 nitrogen and oxygen atoms in total. The summed E-state index contributed by atoms with van der Waals surface area (Å²) in [7, 11) is 1.74. The van der Waals surface area contributed by atoms with E-state index in [9.17, 15) is 0 Å². The molecule has 2 aromatic carbocycles. The Hall–Kier alpha value is -1.84. The lowest BCUT2D eigenvalue weighted by Gasteiger charge is -2.28. The van der Waals surface area contributed by atoms with E-state index in [1.807, 2.05) is 12.1 Å². The highest BCUT2D eigenvalue weighted by Crippen LogP contribution is 2.21. The molecular weight excluding hydrogens is 332 g/mol. The number of hydrogen-bond acceptors (Lipinski definition) is 3. The van der Waals surface area contributed by atoms with Gasteiger partial charge in [-0.25, -0.2) is 0 Å². The van der Waals surface area contributed by atoms with Gasteiger partial charge < -0.3 is 15.4 Å². The van der Waals surface area contributed by atoms with Crippen molar-refractivity contribution >= 4 is 0 Å². The van der Waals surface area contributed by atoms with Crippen LogP contribution in [0.2, 0.25) is 0 Å². The maximum absolute atomic E-state index is 5.48. The summed E-state index contributed by atoms with van der Waals surface area (Å²) < 4.78 is 5.48. The fourth-order valence-electron chi connectivity index (χ4n) is 4.07. The minimum absolute atomic E-state index is 0.338. The van der Waals surface area contributed by atoms with Crippen molar-refractivity contribution in [3.8, 4) is 5.75 Å². The largest absolute Gasteiger partial charge is 0.496 e. The van der Waals surface area contributed by atoms with Crippen LogP contribution in [0.4, 0.5) is 0 Å². The van der Waals surface area contributed by atoms with Crippen LogP contribution < -0.4 is 15.4 Å². The van der Waals surface area contributed by atoms with Crippen LogP contribution in [-0.4, -0.2) is 19.7 Å². The molecule has 146 valence electrons. The van der Waals surface area contributed by atoms with Crippen LogP contribution >= 0.6 is 0 Å². The topological polar surface area (TPSA) is 33.3 Å². The molecule has 0 heterocycles. The molecule has 0 bridgehead atoms. The molecule has 1 unspecified atom stereocenters. The summed E-state index contributed by atoms with van der Waals surface area (Å²) in [4.78, 5) is 0. The van der Waals surface area contributed by atoms with Gasteiger partial charge in [0.2, 0.25) is 0 Å². The summed E-state index contributed by atoms with van der Waals surface area (Å²) in [5.41, 5.74) is 2.57. The first-order chi connectivity index (χ1) is 13.4. The number of ether oxygens (including phenoxy) is 1. The highest BCUT2D eigenvalue weighted by atomic mass is 16.5. The van der Waals surface area contributed by atoms with Crippen LogP contribution in [0.15, 0.2) is 54.6 Å². The predicted octanol–water partition coefficient (Wildman–Crippen LogP) is 5.23. The number of methoxy groups -OCH3 is 1. The molecule has 1 aliphatic carbocycles. The van der Waals surface area contributed by atoms with Gasteiger partial charge in [0.1, 0.15) is 5.75 Å². The van der Waals surface area contributed by atoms with Gasteiger partial charge in [0.25, 0.3) is 0 Å². The van der Waals surface area contributed by atoms with E-state index in [4.69, 9.17) is 4.74 Å². The van der Waals surface area contributed by atoms with Gasteiger partial charge in [0, 0.05) is 30.7 Å². The molecule has 2 N–H and O–H groups in total. The van der Waals surface area contributed by atoms with Crippen LogP contribution in [0.5, 0.6) is 5.75 Å². The van der Waals surface area contributed by atoms with Crippen LogP contribution in [0.1, 0.15) is 62.1 Å². The van der Waals surface area contributed by atoms with Gasteiger partial charge in [-0.05, 0) is 24.5 Å². The summed E-state index contributed by atoms with van der Waals surface area (Å²) in [5.74, 6) is 0.953. The van der Waals surface area contributed by atoms with E-state index in [1.54, 1.807) is 7.11 Å². The first-order valence-corrected chi connectivity index (χ1v) is 10.5. The van der Waals surface area contributed by atoms with Crippen molar-refractivity contribution in [2.24, 2.45) is 0 Å². The van der Waals surface area contributed by atoms with Crippen molar-refractivity contribution in [2.75, 3.05) is 13.7 Å². The number of rotatable bonds is 8. The van der Waals surface area contributed by atoms with E-state index in [1.165, 1.54) is 56.1 Å². The van der Waals surface area contributed by atoms with Crippen molar-refractivity contribution in [3.63, 3.8) is 0 Å². The van der Waals surface area contributed by atoms with Crippen molar-refractivity contribution < 1.29 is 4.74 Å². The summed E-state index contributed by atoms with van der Waals surface area (Å²) in [5, 5.41) is 7.61. The molecule has 0 spiro atoms. The van der Waals surface area contributed by atoms with Crippen molar-refractivity contribution in [2.45, 2.75) is 63.6 Å². The normalized spacial score (nSPS) is 17.1. The zero-order chi connectivity index (χ0) is 18.7. The average Bonchev–Trinajstić information content (AvgIpc) is 2.70. The standard InChI is InChI=1S/C24H34N2O/c1-27-24-17-11-10-14-21(24)18-25-19-23(20-12-6-5-7-13-20)26-22-15-8-3-2-4-9-16-22/h5-7,10-14,17,22-23,25-26H,2-4,8-9,15-16,18-19H2,1H3. The predicted molar refractivity (Wildman–Crippen MR) is 113 cm³/mol. The van der Waals surface area contributed by atoms with Crippen LogP contribution in [0.25, 0.3) is 0 Å². The van der Waals surface area contributed by atoms with E-state index in [0.717, 1.165) is 18.8 Å². The van der Waals surface area contributed by atoms with Gasteiger partial charge in [0.05, 0.1) is 7.11 Å². The van der Waals surface area contributed by atoms with Gasteiger partial charge in [0.15, 0.2) is 0 Å². The molecule has 3 rings (SSSR count). The third kappa shape index (κ3) is 6.37. The molecule has 1 aliphatic rings. The Morgan fingerprint density at radius 3 is 2.30 bits per heavy atom. The van der Waals surface area contributed by atoms with Crippen LogP contribution in [-0.2, 0) is 6.54 Å². The molecular formula is C24H34N2O. The fourth-order valence-corrected chi connectivity index (χ4v) is 4.07. The Morgan fingerprint density at radius 1 is 0.889 bits per heavy atom. The van der Waals surface area contributed by atoms with Crippen molar-refractivity contribution in [1.29, 1.82) is 0 Å². The van der Waals surface area contributed by atoms with Crippen LogP contribution in [0, 0.1) is 0 Å². The summed E-state index contributed by atoms with van der Waals surface area (Å²) in [6.45, 7) is 1.73. The molecule has 3 heteroatoms. The third-order valence-electron chi connectivity index (χ3n) is 5.60. The number of hydrogen-bond donors (Lipinski definition) is 2. The molecule has 27 heavy (non-hydrogen) atoms. The van der Waals surface area contributed by atoms with Gasteiger partial charge >= 0.3 is 0 Å². The Bertz CT molecular complexity index is 650. The second-order valence-corrected chi connectivity index (χ2v) is 7.61. The molecule has 0 radical (unpaired) electrons. The molecule has 0 amide bonds. The molecule has 1 atom stereocenters. The lowest BCUT2D eigenvalue weighted by molar-refractivity contribution is 0.345. The molecule has 2 aromatic rings. The van der Waals surface area contributed by atoms with Crippen molar-refractivity contribution in [1.82, 2.24) is 10.6 Å². The second-order valence-electron chi connectivity index (χ2n) is 7.61. The molecule has 0 aromatic heterocycles.